The van der Waals surface area contributed by atoms with Crippen LogP contribution < -0.4 is 0 Å². The van der Waals surface area contributed by atoms with Crippen molar-refractivity contribution in [2.75, 3.05) is 0 Å². The van der Waals surface area contributed by atoms with Crippen LogP contribution in [-0.4, -0.2) is 9.55 Å². The molecule has 0 spiro atoms. The molecule has 0 aliphatic carbocycles. The first kappa shape index (κ1) is 10.8. The van der Waals surface area contributed by atoms with Crippen LogP contribution >= 0.6 is 0 Å². The van der Waals surface area contributed by atoms with Gasteiger partial charge >= 0.3 is 0 Å². The predicted octanol–water partition coefficient (Wildman–Crippen LogP) is 2.74. The Hall–Kier alpha value is -1.23. The molecule has 0 saturated heterocycles. The standard InChI is InChI=1S/C12H18N2/c1-7-10-8-13-11(12(4,5)6)14(10)9(2)3/h1,8-9H,2-6H3. The summed E-state index contributed by atoms with van der Waals surface area (Å²) in [5.74, 6) is 3.73. The van der Waals surface area contributed by atoms with Crippen molar-refractivity contribution in [1.82, 2.24) is 9.55 Å². The third-order valence-corrected chi connectivity index (χ3v) is 2.13. The Labute approximate surface area is 86.4 Å². The smallest absolute Gasteiger partial charge is 0.115 e. The molecule has 0 radical (unpaired) electrons. The maximum atomic E-state index is 5.43. The lowest BCUT2D eigenvalue weighted by Gasteiger charge is -2.22. The zero-order valence-electron chi connectivity index (χ0n) is 9.63. The lowest BCUT2D eigenvalue weighted by molar-refractivity contribution is 0.467. The van der Waals surface area contributed by atoms with Crippen LogP contribution in [0.4, 0.5) is 0 Å². The molecule has 0 amide bonds. The zero-order chi connectivity index (χ0) is 10.9. The molecule has 1 rings (SSSR count). The van der Waals surface area contributed by atoms with Crippen LogP contribution in [0.1, 0.15) is 52.2 Å². The normalized spacial score (nSPS) is 11.8. The summed E-state index contributed by atoms with van der Waals surface area (Å²) >= 11 is 0. The van der Waals surface area contributed by atoms with E-state index in [0.717, 1.165) is 11.5 Å². The minimum atomic E-state index is 0.0410. The number of imidazole rings is 1. The molecule has 1 heterocycles. The summed E-state index contributed by atoms with van der Waals surface area (Å²) in [6.07, 6.45) is 7.21. The monoisotopic (exact) mass is 190 g/mol. The van der Waals surface area contributed by atoms with Gasteiger partial charge in [0.2, 0.25) is 0 Å². The summed E-state index contributed by atoms with van der Waals surface area (Å²) in [5.41, 5.74) is 0.907. The maximum Gasteiger partial charge on any atom is 0.115 e. The van der Waals surface area contributed by atoms with E-state index in [9.17, 15) is 0 Å². The second-order valence-corrected chi connectivity index (χ2v) is 4.83. The lowest BCUT2D eigenvalue weighted by atomic mass is 9.95. The summed E-state index contributed by atoms with van der Waals surface area (Å²) in [5, 5.41) is 0. The molecule has 0 bridgehead atoms. The molecule has 0 fully saturated rings. The van der Waals surface area contributed by atoms with E-state index in [4.69, 9.17) is 6.42 Å². The molecule has 2 heteroatoms. The Morgan fingerprint density at radius 1 is 1.43 bits per heavy atom. The molecule has 0 aliphatic heterocycles. The van der Waals surface area contributed by atoms with Gasteiger partial charge in [0.25, 0.3) is 0 Å². The quantitative estimate of drug-likeness (QED) is 0.623. The Kier molecular flexibility index (Phi) is 2.71. The minimum absolute atomic E-state index is 0.0410. The number of rotatable bonds is 1. The van der Waals surface area contributed by atoms with E-state index in [-0.39, 0.29) is 5.41 Å². The van der Waals surface area contributed by atoms with Gasteiger partial charge in [-0.1, -0.05) is 26.7 Å². The third-order valence-electron chi connectivity index (χ3n) is 2.13. The molecule has 0 unspecified atom stereocenters. The van der Waals surface area contributed by atoms with E-state index < -0.39 is 0 Å². The van der Waals surface area contributed by atoms with Crippen LogP contribution in [-0.2, 0) is 5.41 Å². The van der Waals surface area contributed by atoms with Gasteiger partial charge in [0.05, 0.1) is 6.20 Å². The molecule has 0 aliphatic rings. The van der Waals surface area contributed by atoms with Gasteiger partial charge in [-0.05, 0) is 13.8 Å². The van der Waals surface area contributed by atoms with Crippen LogP contribution in [0.5, 0.6) is 0 Å². The van der Waals surface area contributed by atoms with Crippen molar-refractivity contribution in [2.45, 2.75) is 46.1 Å². The number of terminal acetylenes is 1. The van der Waals surface area contributed by atoms with Gasteiger partial charge in [-0.25, -0.2) is 4.98 Å². The molecule has 2 nitrogen and oxygen atoms in total. The van der Waals surface area contributed by atoms with Crippen molar-refractivity contribution in [3.63, 3.8) is 0 Å². The molecule has 76 valence electrons. The average molecular weight is 190 g/mol. The van der Waals surface area contributed by atoms with Gasteiger partial charge < -0.3 is 4.57 Å². The molecule has 1 aromatic rings. The van der Waals surface area contributed by atoms with Crippen LogP contribution in [0, 0.1) is 12.3 Å². The van der Waals surface area contributed by atoms with E-state index >= 15 is 0 Å². The fourth-order valence-corrected chi connectivity index (χ4v) is 1.55. The van der Waals surface area contributed by atoms with Crippen molar-refractivity contribution in [1.29, 1.82) is 0 Å². The summed E-state index contributed by atoms with van der Waals surface area (Å²) in [7, 11) is 0. The predicted molar refractivity (Wildman–Crippen MR) is 59.2 cm³/mol. The van der Waals surface area contributed by atoms with E-state index in [2.05, 4.69) is 50.1 Å². The highest BCUT2D eigenvalue weighted by Gasteiger charge is 2.22. The molecule has 0 saturated carbocycles. The summed E-state index contributed by atoms with van der Waals surface area (Å²) in [6.45, 7) is 10.7. The SMILES string of the molecule is C#Cc1cnc(C(C)(C)C)n1C(C)C. The van der Waals surface area contributed by atoms with Gasteiger partial charge in [0, 0.05) is 11.5 Å². The van der Waals surface area contributed by atoms with Crippen molar-refractivity contribution < 1.29 is 0 Å². The second-order valence-electron chi connectivity index (χ2n) is 4.83. The summed E-state index contributed by atoms with van der Waals surface area (Å²) < 4.78 is 2.12. The molecular weight excluding hydrogens is 172 g/mol. The zero-order valence-corrected chi connectivity index (χ0v) is 9.63. The molecule has 1 aromatic heterocycles. The van der Waals surface area contributed by atoms with E-state index in [1.807, 2.05) is 0 Å². The van der Waals surface area contributed by atoms with Gasteiger partial charge in [-0.15, -0.1) is 6.42 Å². The molecule has 0 atom stereocenters. The topological polar surface area (TPSA) is 17.8 Å². The fourth-order valence-electron chi connectivity index (χ4n) is 1.55. The molecule has 14 heavy (non-hydrogen) atoms. The number of hydrogen-bond donors (Lipinski definition) is 0. The largest absolute Gasteiger partial charge is 0.319 e. The van der Waals surface area contributed by atoms with E-state index in [0.29, 0.717) is 6.04 Å². The fraction of sp³-hybridized carbons (Fsp3) is 0.583. The third kappa shape index (κ3) is 1.82. The Morgan fingerprint density at radius 2 is 2.00 bits per heavy atom. The van der Waals surface area contributed by atoms with Crippen molar-refractivity contribution in [2.24, 2.45) is 0 Å². The average Bonchev–Trinajstić information content (AvgIpc) is 2.45. The van der Waals surface area contributed by atoms with Crippen LogP contribution in [0.25, 0.3) is 0 Å². The highest BCUT2D eigenvalue weighted by Crippen LogP contribution is 2.24. The number of aromatic nitrogens is 2. The number of hydrogen-bond acceptors (Lipinski definition) is 1. The van der Waals surface area contributed by atoms with Crippen molar-refractivity contribution >= 4 is 0 Å². The van der Waals surface area contributed by atoms with Crippen LogP contribution in [0.3, 0.4) is 0 Å². The first-order valence-corrected chi connectivity index (χ1v) is 4.92. The van der Waals surface area contributed by atoms with E-state index in [1.165, 1.54) is 0 Å². The van der Waals surface area contributed by atoms with Crippen molar-refractivity contribution in [3.05, 3.63) is 17.7 Å². The molecule has 0 aromatic carbocycles. The Balaban J connectivity index is 3.34. The first-order valence-electron chi connectivity index (χ1n) is 4.92. The second kappa shape index (κ2) is 3.49. The van der Waals surface area contributed by atoms with E-state index in [1.54, 1.807) is 6.20 Å². The Morgan fingerprint density at radius 3 is 2.36 bits per heavy atom. The first-order chi connectivity index (χ1) is 6.38. The van der Waals surface area contributed by atoms with Gasteiger partial charge in [-0.3, -0.25) is 0 Å². The summed E-state index contributed by atoms with van der Waals surface area (Å²) in [4.78, 5) is 4.40. The van der Waals surface area contributed by atoms with Crippen LogP contribution in [0.15, 0.2) is 6.20 Å². The van der Waals surface area contributed by atoms with Gasteiger partial charge in [-0.2, -0.15) is 0 Å². The summed E-state index contributed by atoms with van der Waals surface area (Å²) in [6, 6.07) is 0.359. The van der Waals surface area contributed by atoms with Crippen LogP contribution in [0.2, 0.25) is 0 Å². The molecule has 0 N–H and O–H groups in total. The maximum absolute atomic E-state index is 5.43. The Bertz CT molecular complexity index is 359. The highest BCUT2D eigenvalue weighted by molar-refractivity contribution is 5.27. The van der Waals surface area contributed by atoms with Gasteiger partial charge in [0.15, 0.2) is 0 Å². The van der Waals surface area contributed by atoms with Crippen molar-refractivity contribution in [3.8, 4) is 12.3 Å². The minimum Gasteiger partial charge on any atom is -0.319 e. The van der Waals surface area contributed by atoms with Gasteiger partial charge in [0.1, 0.15) is 11.5 Å². The molecular formula is C12H18N2. The lowest BCUT2D eigenvalue weighted by Crippen LogP contribution is -2.21. The highest BCUT2D eigenvalue weighted by atomic mass is 15.1. The number of nitrogens with zero attached hydrogens (tertiary/aromatic N) is 2.